The van der Waals surface area contributed by atoms with Crippen LogP contribution < -0.4 is 16.0 Å². The minimum atomic E-state index is -0.0391. The smallest absolute Gasteiger partial charge is 0.251 e. The van der Waals surface area contributed by atoms with E-state index in [0.717, 1.165) is 24.5 Å². The van der Waals surface area contributed by atoms with Crippen LogP contribution >= 0.6 is 0 Å². The summed E-state index contributed by atoms with van der Waals surface area (Å²) in [4.78, 5) is 16.5. The minimum Gasteiger partial charge on any atom is -0.383 e. The van der Waals surface area contributed by atoms with Gasteiger partial charge in [-0.3, -0.25) is 4.79 Å². The highest BCUT2D eigenvalue weighted by molar-refractivity contribution is 5.94. The maximum Gasteiger partial charge on any atom is 0.251 e. The van der Waals surface area contributed by atoms with Gasteiger partial charge in [0, 0.05) is 32.3 Å². The van der Waals surface area contributed by atoms with Gasteiger partial charge in [0.2, 0.25) is 0 Å². The number of guanidine groups is 1. The molecule has 0 radical (unpaired) electrons. The van der Waals surface area contributed by atoms with Gasteiger partial charge in [-0.15, -0.1) is 0 Å². The standard InChI is InChI=1S/C17H28N4O2/c1-4-9-19-16(22)15-8-6-7-14(12-15)13-21-17(18-5-2)20-10-11-23-3/h6-8,12H,4-5,9-11,13H2,1-3H3,(H,19,22)(H2,18,20,21). The summed E-state index contributed by atoms with van der Waals surface area (Å²) in [5, 5.41) is 9.25. The summed E-state index contributed by atoms with van der Waals surface area (Å²) in [6.45, 7) is 7.36. The second kappa shape index (κ2) is 11.5. The number of methoxy groups -OCH3 is 1. The summed E-state index contributed by atoms with van der Waals surface area (Å²) in [5.41, 5.74) is 1.67. The first-order valence-corrected chi connectivity index (χ1v) is 8.09. The van der Waals surface area contributed by atoms with E-state index in [0.29, 0.717) is 31.8 Å². The first-order chi connectivity index (χ1) is 11.2. The lowest BCUT2D eigenvalue weighted by molar-refractivity contribution is 0.0953. The number of carbonyl (C=O) groups excluding carboxylic acids is 1. The summed E-state index contributed by atoms with van der Waals surface area (Å²) in [6.07, 6.45) is 0.926. The summed E-state index contributed by atoms with van der Waals surface area (Å²) in [6, 6.07) is 7.56. The third-order valence-corrected chi connectivity index (χ3v) is 3.09. The number of nitrogens with one attached hydrogen (secondary N) is 3. The van der Waals surface area contributed by atoms with Crippen LogP contribution in [-0.2, 0) is 11.3 Å². The molecule has 23 heavy (non-hydrogen) atoms. The highest BCUT2D eigenvalue weighted by Gasteiger charge is 2.05. The molecule has 0 spiro atoms. The molecule has 6 heteroatoms. The van der Waals surface area contributed by atoms with E-state index in [1.165, 1.54) is 0 Å². The van der Waals surface area contributed by atoms with Crippen LogP contribution in [0.3, 0.4) is 0 Å². The summed E-state index contributed by atoms with van der Waals surface area (Å²) in [7, 11) is 1.67. The van der Waals surface area contributed by atoms with E-state index in [1.807, 2.05) is 38.1 Å². The zero-order chi connectivity index (χ0) is 16.9. The Labute approximate surface area is 138 Å². The first-order valence-electron chi connectivity index (χ1n) is 8.09. The van der Waals surface area contributed by atoms with E-state index in [1.54, 1.807) is 7.11 Å². The van der Waals surface area contributed by atoms with Gasteiger partial charge in [0.1, 0.15) is 0 Å². The van der Waals surface area contributed by atoms with Crippen molar-refractivity contribution in [1.82, 2.24) is 16.0 Å². The van der Waals surface area contributed by atoms with E-state index in [-0.39, 0.29) is 5.91 Å². The number of amides is 1. The Morgan fingerprint density at radius 3 is 2.70 bits per heavy atom. The average molecular weight is 320 g/mol. The number of hydrogen-bond acceptors (Lipinski definition) is 3. The van der Waals surface area contributed by atoms with Crippen LogP contribution in [0, 0.1) is 0 Å². The van der Waals surface area contributed by atoms with E-state index >= 15 is 0 Å². The topological polar surface area (TPSA) is 74.8 Å². The van der Waals surface area contributed by atoms with Gasteiger partial charge in [-0.1, -0.05) is 19.1 Å². The third kappa shape index (κ3) is 7.65. The maximum absolute atomic E-state index is 12.0. The molecule has 0 aliphatic heterocycles. The fourth-order valence-electron chi connectivity index (χ4n) is 1.94. The van der Waals surface area contributed by atoms with Gasteiger partial charge in [0.25, 0.3) is 5.91 Å². The molecule has 3 N–H and O–H groups in total. The van der Waals surface area contributed by atoms with Gasteiger partial charge in [-0.25, -0.2) is 4.99 Å². The maximum atomic E-state index is 12.0. The zero-order valence-electron chi connectivity index (χ0n) is 14.3. The predicted octanol–water partition coefficient (Wildman–Crippen LogP) is 1.53. The molecule has 0 atom stereocenters. The van der Waals surface area contributed by atoms with E-state index in [4.69, 9.17) is 4.74 Å². The van der Waals surface area contributed by atoms with Crippen molar-refractivity contribution in [3.63, 3.8) is 0 Å². The molecule has 0 bridgehead atoms. The molecule has 128 valence electrons. The predicted molar refractivity (Wildman–Crippen MR) is 93.8 cm³/mol. The fourth-order valence-corrected chi connectivity index (χ4v) is 1.94. The van der Waals surface area contributed by atoms with Crippen molar-refractivity contribution in [1.29, 1.82) is 0 Å². The van der Waals surface area contributed by atoms with Gasteiger partial charge < -0.3 is 20.7 Å². The van der Waals surface area contributed by atoms with Gasteiger partial charge in [0.05, 0.1) is 13.2 Å². The van der Waals surface area contributed by atoms with Crippen molar-refractivity contribution in [3.8, 4) is 0 Å². The van der Waals surface area contributed by atoms with E-state index < -0.39 is 0 Å². The van der Waals surface area contributed by atoms with E-state index in [9.17, 15) is 4.79 Å². The lowest BCUT2D eigenvalue weighted by Crippen LogP contribution is -2.38. The lowest BCUT2D eigenvalue weighted by Gasteiger charge is -2.11. The Bertz CT molecular complexity index is 503. The van der Waals surface area contributed by atoms with Crippen molar-refractivity contribution in [3.05, 3.63) is 35.4 Å². The van der Waals surface area contributed by atoms with E-state index in [2.05, 4.69) is 20.9 Å². The Balaban J connectivity index is 2.66. The second-order valence-corrected chi connectivity index (χ2v) is 5.07. The lowest BCUT2D eigenvalue weighted by atomic mass is 10.1. The molecular weight excluding hydrogens is 292 g/mol. The molecule has 0 aliphatic carbocycles. The first kappa shape index (κ1) is 19.0. The Morgan fingerprint density at radius 1 is 1.17 bits per heavy atom. The third-order valence-electron chi connectivity index (χ3n) is 3.09. The molecule has 0 saturated carbocycles. The van der Waals surface area contributed by atoms with Gasteiger partial charge in [0.15, 0.2) is 5.96 Å². The summed E-state index contributed by atoms with van der Waals surface area (Å²) >= 11 is 0. The zero-order valence-corrected chi connectivity index (χ0v) is 14.3. The molecular formula is C17H28N4O2. The molecule has 1 amide bonds. The molecule has 1 aromatic carbocycles. The van der Waals surface area contributed by atoms with Crippen LogP contribution in [0.2, 0.25) is 0 Å². The number of ether oxygens (including phenoxy) is 1. The van der Waals surface area contributed by atoms with Crippen LogP contribution in [0.25, 0.3) is 0 Å². The van der Waals surface area contributed by atoms with Crippen LogP contribution in [-0.4, -0.2) is 45.2 Å². The summed E-state index contributed by atoms with van der Waals surface area (Å²) < 4.78 is 5.02. The minimum absolute atomic E-state index is 0.0391. The molecule has 0 fully saturated rings. The normalized spacial score (nSPS) is 11.2. The number of nitrogens with zero attached hydrogens (tertiary/aromatic N) is 1. The number of aliphatic imine (C=N–C) groups is 1. The van der Waals surface area contributed by atoms with Crippen molar-refractivity contribution >= 4 is 11.9 Å². The van der Waals surface area contributed by atoms with Crippen LogP contribution in [0.1, 0.15) is 36.2 Å². The van der Waals surface area contributed by atoms with Crippen LogP contribution in [0.15, 0.2) is 29.3 Å². The van der Waals surface area contributed by atoms with Gasteiger partial charge >= 0.3 is 0 Å². The van der Waals surface area contributed by atoms with Gasteiger partial charge in [-0.05, 0) is 31.0 Å². The molecule has 1 rings (SSSR count). The second-order valence-electron chi connectivity index (χ2n) is 5.07. The molecule has 0 saturated heterocycles. The van der Waals surface area contributed by atoms with Crippen molar-refractivity contribution in [2.45, 2.75) is 26.8 Å². The Hall–Kier alpha value is -2.08. The number of benzene rings is 1. The molecule has 6 nitrogen and oxygen atoms in total. The molecule has 0 aliphatic rings. The van der Waals surface area contributed by atoms with Crippen LogP contribution in [0.4, 0.5) is 0 Å². The molecule has 0 aromatic heterocycles. The van der Waals surface area contributed by atoms with Crippen LogP contribution in [0.5, 0.6) is 0 Å². The highest BCUT2D eigenvalue weighted by atomic mass is 16.5. The van der Waals surface area contributed by atoms with Crippen molar-refractivity contribution in [2.24, 2.45) is 4.99 Å². The number of hydrogen-bond donors (Lipinski definition) is 3. The summed E-state index contributed by atoms with van der Waals surface area (Å²) in [5.74, 6) is 0.702. The average Bonchev–Trinajstić information content (AvgIpc) is 2.58. The quantitative estimate of drug-likeness (QED) is 0.366. The van der Waals surface area contributed by atoms with Gasteiger partial charge in [-0.2, -0.15) is 0 Å². The fraction of sp³-hybridized carbons (Fsp3) is 0.529. The number of rotatable bonds is 9. The molecule has 1 aromatic rings. The largest absolute Gasteiger partial charge is 0.383 e. The molecule has 0 unspecified atom stereocenters. The Morgan fingerprint density at radius 2 is 2.00 bits per heavy atom. The molecule has 0 heterocycles. The SMILES string of the molecule is CCCNC(=O)c1cccc(CN=C(NCC)NCCOC)c1. The highest BCUT2D eigenvalue weighted by Crippen LogP contribution is 2.06. The number of carbonyl (C=O) groups is 1. The monoisotopic (exact) mass is 320 g/mol. The Kier molecular flexibility index (Phi) is 9.47. The van der Waals surface area contributed by atoms with Crippen molar-refractivity contribution in [2.75, 3.05) is 33.4 Å². The van der Waals surface area contributed by atoms with Crippen molar-refractivity contribution < 1.29 is 9.53 Å².